The van der Waals surface area contributed by atoms with Crippen LogP contribution in [0.2, 0.25) is 0 Å². The Balaban J connectivity index is 1.64. The minimum Gasteiger partial charge on any atom is -0.380 e. The van der Waals surface area contributed by atoms with Crippen LogP contribution >= 0.6 is 0 Å². The van der Waals surface area contributed by atoms with Gasteiger partial charge < -0.3 is 9.88 Å². The second-order valence-corrected chi connectivity index (χ2v) is 5.21. The molecule has 0 saturated heterocycles. The first kappa shape index (κ1) is 14.8. The summed E-state index contributed by atoms with van der Waals surface area (Å²) in [5.74, 6) is -0.407. The van der Waals surface area contributed by atoms with Crippen LogP contribution in [0, 0.1) is 17.1 Å². The van der Waals surface area contributed by atoms with Crippen molar-refractivity contribution in [3.05, 3.63) is 83.7 Å². The van der Waals surface area contributed by atoms with Gasteiger partial charge in [-0.15, -0.1) is 0 Å². The van der Waals surface area contributed by atoms with E-state index < -0.39 is 5.82 Å². The van der Waals surface area contributed by atoms with Crippen molar-refractivity contribution < 1.29 is 4.39 Å². The molecule has 0 atom stereocenters. The van der Waals surface area contributed by atoms with Gasteiger partial charge in [0, 0.05) is 25.5 Å². The average Bonchev–Trinajstić information content (AvgIpc) is 3.08. The summed E-state index contributed by atoms with van der Waals surface area (Å²) < 4.78 is 15.1. The molecule has 4 nitrogen and oxygen atoms in total. The molecule has 3 rings (SSSR count). The number of benzene rings is 2. The number of hydrogen-bond donors (Lipinski definition) is 1. The smallest absolute Gasteiger partial charge is 0.124 e. The highest BCUT2D eigenvalue weighted by Gasteiger charge is 2.03. The van der Waals surface area contributed by atoms with Crippen LogP contribution < -0.4 is 5.32 Å². The number of nitrogens with zero attached hydrogens (tertiary/aromatic N) is 3. The number of anilines is 1. The molecule has 0 bridgehead atoms. The van der Waals surface area contributed by atoms with Gasteiger partial charge in [0.05, 0.1) is 17.6 Å². The highest BCUT2D eigenvalue weighted by Crippen LogP contribution is 2.17. The zero-order valence-electron chi connectivity index (χ0n) is 12.4. The van der Waals surface area contributed by atoms with Gasteiger partial charge in [-0.05, 0) is 29.3 Å². The summed E-state index contributed by atoms with van der Waals surface area (Å²) in [4.78, 5) is 4.02. The van der Waals surface area contributed by atoms with Crippen molar-refractivity contribution in [3.63, 3.8) is 0 Å². The maximum Gasteiger partial charge on any atom is 0.124 e. The van der Waals surface area contributed by atoms with Gasteiger partial charge in [-0.1, -0.05) is 24.3 Å². The Morgan fingerprint density at radius 2 is 1.91 bits per heavy atom. The molecule has 0 saturated carbocycles. The molecule has 2 aromatic carbocycles. The monoisotopic (exact) mass is 306 g/mol. The number of imidazole rings is 1. The highest BCUT2D eigenvalue weighted by molar-refractivity contribution is 5.57. The molecular formula is C18H15FN4. The standard InChI is InChI=1S/C18H15FN4/c19-17-5-6-18(16(9-17)10-20)22-11-14-1-3-15(4-2-14)12-23-8-7-21-13-23/h1-9,13,22H,11-12H2. The fourth-order valence-corrected chi connectivity index (χ4v) is 2.31. The fraction of sp³-hybridized carbons (Fsp3) is 0.111. The van der Waals surface area contributed by atoms with Crippen molar-refractivity contribution in [1.29, 1.82) is 5.26 Å². The van der Waals surface area contributed by atoms with E-state index in [1.165, 1.54) is 17.7 Å². The van der Waals surface area contributed by atoms with E-state index in [0.29, 0.717) is 17.8 Å². The van der Waals surface area contributed by atoms with Crippen molar-refractivity contribution in [2.75, 3.05) is 5.32 Å². The Labute approximate surface area is 133 Å². The molecule has 0 amide bonds. The summed E-state index contributed by atoms with van der Waals surface area (Å²) in [6.45, 7) is 1.36. The van der Waals surface area contributed by atoms with E-state index in [2.05, 4.69) is 22.4 Å². The topological polar surface area (TPSA) is 53.6 Å². The molecule has 114 valence electrons. The minimum absolute atomic E-state index is 0.307. The Hall–Kier alpha value is -3.13. The molecular weight excluding hydrogens is 291 g/mol. The van der Waals surface area contributed by atoms with Crippen molar-refractivity contribution in [2.24, 2.45) is 0 Å². The first-order valence-electron chi connectivity index (χ1n) is 7.22. The Morgan fingerprint density at radius 1 is 1.13 bits per heavy atom. The van der Waals surface area contributed by atoms with Crippen LogP contribution in [0.3, 0.4) is 0 Å². The van der Waals surface area contributed by atoms with E-state index in [0.717, 1.165) is 12.1 Å². The summed E-state index contributed by atoms with van der Waals surface area (Å²) in [6, 6.07) is 14.4. The fourth-order valence-electron chi connectivity index (χ4n) is 2.31. The third-order valence-corrected chi connectivity index (χ3v) is 3.53. The number of hydrogen-bond acceptors (Lipinski definition) is 3. The third kappa shape index (κ3) is 3.74. The average molecular weight is 306 g/mol. The lowest BCUT2D eigenvalue weighted by Crippen LogP contribution is -2.02. The van der Waals surface area contributed by atoms with Crippen LogP contribution in [-0.2, 0) is 13.1 Å². The Kier molecular flexibility index (Phi) is 4.34. The summed E-state index contributed by atoms with van der Waals surface area (Å²) in [5.41, 5.74) is 3.22. The molecule has 1 heterocycles. The molecule has 23 heavy (non-hydrogen) atoms. The second-order valence-electron chi connectivity index (χ2n) is 5.21. The van der Waals surface area contributed by atoms with E-state index in [1.54, 1.807) is 18.6 Å². The summed E-state index contributed by atoms with van der Waals surface area (Å²) in [7, 11) is 0. The van der Waals surface area contributed by atoms with E-state index >= 15 is 0 Å². The van der Waals surface area contributed by atoms with Crippen molar-refractivity contribution >= 4 is 5.69 Å². The molecule has 0 radical (unpaired) electrons. The summed E-state index contributed by atoms with van der Waals surface area (Å²) >= 11 is 0. The van der Waals surface area contributed by atoms with Gasteiger partial charge in [-0.2, -0.15) is 5.26 Å². The first-order chi connectivity index (χ1) is 11.2. The van der Waals surface area contributed by atoms with Gasteiger partial charge in [0.15, 0.2) is 0 Å². The molecule has 1 N–H and O–H groups in total. The van der Waals surface area contributed by atoms with Gasteiger partial charge in [-0.3, -0.25) is 0 Å². The van der Waals surface area contributed by atoms with Crippen LogP contribution in [0.1, 0.15) is 16.7 Å². The number of halogens is 1. The lowest BCUT2D eigenvalue weighted by molar-refractivity contribution is 0.627. The van der Waals surface area contributed by atoms with Crippen LogP contribution in [0.4, 0.5) is 10.1 Å². The van der Waals surface area contributed by atoms with Crippen molar-refractivity contribution in [3.8, 4) is 6.07 Å². The van der Waals surface area contributed by atoms with Gasteiger partial charge in [0.1, 0.15) is 11.9 Å². The second kappa shape index (κ2) is 6.75. The van der Waals surface area contributed by atoms with Gasteiger partial charge in [0.25, 0.3) is 0 Å². The lowest BCUT2D eigenvalue weighted by Gasteiger charge is -2.09. The van der Waals surface area contributed by atoms with Gasteiger partial charge in [-0.25, -0.2) is 9.37 Å². The molecule has 0 spiro atoms. The molecule has 1 aromatic heterocycles. The molecule has 0 fully saturated rings. The first-order valence-corrected chi connectivity index (χ1v) is 7.22. The highest BCUT2D eigenvalue weighted by atomic mass is 19.1. The molecule has 0 aliphatic rings. The van der Waals surface area contributed by atoms with Crippen molar-refractivity contribution in [2.45, 2.75) is 13.1 Å². The van der Waals surface area contributed by atoms with E-state index in [9.17, 15) is 4.39 Å². The number of nitriles is 1. The molecule has 0 aliphatic carbocycles. The quantitative estimate of drug-likeness (QED) is 0.784. The number of rotatable bonds is 5. The summed E-state index contributed by atoms with van der Waals surface area (Å²) in [6.07, 6.45) is 5.47. The van der Waals surface area contributed by atoms with Crippen LogP contribution in [0.25, 0.3) is 0 Å². The van der Waals surface area contributed by atoms with Crippen LogP contribution in [-0.4, -0.2) is 9.55 Å². The van der Waals surface area contributed by atoms with Crippen LogP contribution in [0.15, 0.2) is 61.2 Å². The van der Waals surface area contributed by atoms with E-state index in [1.807, 2.05) is 29.0 Å². The predicted octanol–water partition coefficient (Wildman–Crippen LogP) is 3.55. The zero-order chi connectivity index (χ0) is 16.1. The largest absolute Gasteiger partial charge is 0.380 e. The van der Waals surface area contributed by atoms with E-state index in [4.69, 9.17) is 5.26 Å². The number of aromatic nitrogens is 2. The predicted molar refractivity (Wildman–Crippen MR) is 86.2 cm³/mol. The SMILES string of the molecule is N#Cc1cc(F)ccc1NCc1ccc(Cn2ccnc2)cc1. The molecule has 0 aliphatic heterocycles. The normalized spacial score (nSPS) is 10.3. The maximum atomic E-state index is 13.1. The number of nitrogens with one attached hydrogen (secondary N) is 1. The molecule has 5 heteroatoms. The molecule has 3 aromatic rings. The van der Waals surface area contributed by atoms with Crippen molar-refractivity contribution in [1.82, 2.24) is 9.55 Å². The van der Waals surface area contributed by atoms with Crippen LogP contribution in [0.5, 0.6) is 0 Å². The summed E-state index contributed by atoms with van der Waals surface area (Å²) in [5, 5.41) is 12.2. The lowest BCUT2D eigenvalue weighted by atomic mass is 10.1. The van der Waals surface area contributed by atoms with E-state index in [-0.39, 0.29) is 0 Å². The molecule has 0 unspecified atom stereocenters. The van der Waals surface area contributed by atoms with Gasteiger partial charge in [0.2, 0.25) is 0 Å². The third-order valence-electron chi connectivity index (χ3n) is 3.53. The minimum atomic E-state index is -0.407. The maximum absolute atomic E-state index is 13.1. The van der Waals surface area contributed by atoms with Gasteiger partial charge >= 0.3 is 0 Å². The zero-order valence-corrected chi connectivity index (χ0v) is 12.4. The Bertz CT molecular complexity index is 817. The Morgan fingerprint density at radius 3 is 2.61 bits per heavy atom.